The average Bonchev–Trinajstić information content (AvgIpc) is 2.92. The zero-order valence-electron chi connectivity index (χ0n) is 12.3. The molecule has 0 spiro atoms. The molecule has 1 amide bonds. The smallest absolute Gasteiger partial charge is 0.266 e. The van der Waals surface area contributed by atoms with E-state index in [-0.39, 0.29) is 23.5 Å². The van der Waals surface area contributed by atoms with E-state index in [9.17, 15) is 13.2 Å². The molecular weight excluding hydrogens is 310 g/mol. The largest absolute Gasteiger partial charge is 0.375 e. The minimum atomic E-state index is -3.02. The number of hydrogen-bond acceptors (Lipinski definition) is 6. The van der Waals surface area contributed by atoms with Crippen LogP contribution < -0.4 is 5.73 Å². The number of sulfone groups is 1. The van der Waals surface area contributed by atoms with Gasteiger partial charge in [0.25, 0.3) is 5.91 Å². The van der Waals surface area contributed by atoms with E-state index in [4.69, 9.17) is 5.73 Å². The molecular formula is C13H21N3O3S2. The Bertz CT molecular complexity index is 625. The minimum absolute atomic E-state index is 0.0653. The maximum absolute atomic E-state index is 12.7. The zero-order valence-corrected chi connectivity index (χ0v) is 14.0. The fourth-order valence-electron chi connectivity index (χ4n) is 2.55. The number of aryl methyl sites for hydroxylation is 1. The molecule has 2 heterocycles. The van der Waals surface area contributed by atoms with Crippen LogP contribution in [0.1, 0.15) is 41.6 Å². The van der Waals surface area contributed by atoms with Gasteiger partial charge in [0.15, 0.2) is 15.0 Å². The Balaban J connectivity index is 2.23. The second-order valence-corrected chi connectivity index (χ2v) is 8.63. The van der Waals surface area contributed by atoms with Crippen molar-refractivity contribution in [2.24, 2.45) is 0 Å². The number of nitrogen functional groups attached to an aromatic ring is 1. The van der Waals surface area contributed by atoms with Gasteiger partial charge in [-0.25, -0.2) is 13.4 Å². The van der Waals surface area contributed by atoms with Crippen LogP contribution in [-0.2, 0) is 9.84 Å². The Morgan fingerprint density at radius 1 is 1.52 bits per heavy atom. The maximum Gasteiger partial charge on any atom is 0.266 e. The first-order valence-corrected chi connectivity index (χ1v) is 9.72. The van der Waals surface area contributed by atoms with Crippen molar-refractivity contribution < 1.29 is 13.2 Å². The van der Waals surface area contributed by atoms with Crippen LogP contribution in [0.3, 0.4) is 0 Å². The molecule has 1 unspecified atom stereocenters. The molecule has 21 heavy (non-hydrogen) atoms. The van der Waals surface area contributed by atoms with Crippen LogP contribution >= 0.6 is 11.3 Å². The summed E-state index contributed by atoms with van der Waals surface area (Å²) in [7, 11) is -3.02. The SMILES string of the molecule is CCCCN(C(=O)c1sc(N)nc1C)C1CCS(=O)(=O)C1. The van der Waals surface area contributed by atoms with Crippen LogP contribution in [0.2, 0.25) is 0 Å². The summed E-state index contributed by atoms with van der Waals surface area (Å²) in [5.74, 6) is 0.0879. The Labute approximate surface area is 129 Å². The highest BCUT2D eigenvalue weighted by molar-refractivity contribution is 7.91. The fraction of sp³-hybridized carbons (Fsp3) is 0.692. The molecule has 118 valence electrons. The Morgan fingerprint density at radius 2 is 2.24 bits per heavy atom. The minimum Gasteiger partial charge on any atom is -0.375 e. The predicted molar refractivity (Wildman–Crippen MR) is 84.3 cm³/mol. The highest BCUT2D eigenvalue weighted by Crippen LogP contribution is 2.25. The summed E-state index contributed by atoms with van der Waals surface area (Å²) in [6.45, 7) is 4.38. The standard InChI is InChI=1S/C13H21N3O3S2/c1-3-4-6-16(10-5-7-21(18,19)8-10)12(17)11-9(2)15-13(14)20-11/h10H,3-8H2,1-2H3,(H2,14,15). The highest BCUT2D eigenvalue weighted by Gasteiger charge is 2.35. The van der Waals surface area contributed by atoms with Crippen LogP contribution in [0.4, 0.5) is 5.13 Å². The summed E-state index contributed by atoms with van der Waals surface area (Å²) in [6, 6.07) is -0.225. The monoisotopic (exact) mass is 331 g/mol. The van der Waals surface area contributed by atoms with Gasteiger partial charge in [-0.15, -0.1) is 0 Å². The van der Waals surface area contributed by atoms with Gasteiger partial charge in [-0.1, -0.05) is 24.7 Å². The van der Waals surface area contributed by atoms with E-state index >= 15 is 0 Å². The van der Waals surface area contributed by atoms with Gasteiger partial charge in [0.1, 0.15) is 4.88 Å². The van der Waals surface area contributed by atoms with Gasteiger partial charge in [0, 0.05) is 12.6 Å². The van der Waals surface area contributed by atoms with E-state index in [1.807, 2.05) is 6.92 Å². The molecule has 1 fully saturated rings. The van der Waals surface area contributed by atoms with Crippen LogP contribution in [0, 0.1) is 6.92 Å². The summed E-state index contributed by atoms with van der Waals surface area (Å²) in [5, 5.41) is 0.366. The number of nitrogens with two attached hydrogens (primary N) is 1. The molecule has 1 aromatic rings. The van der Waals surface area contributed by atoms with E-state index in [2.05, 4.69) is 4.98 Å². The lowest BCUT2D eigenvalue weighted by molar-refractivity contribution is 0.0698. The summed E-state index contributed by atoms with van der Waals surface area (Å²) < 4.78 is 23.4. The number of carbonyl (C=O) groups excluding carboxylic acids is 1. The average molecular weight is 331 g/mol. The van der Waals surface area contributed by atoms with Gasteiger partial charge >= 0.3 is 0 Å². The van der Waals surface area contributed by atoms with Gasteiger partial charge in [-0.3, -0.25) is 4.79 Å². The fourth-order valence-corrected chi connectivity index (χ4v) is 5.07. The molecule has 2 N–H and O–H groups in total. The first-order chi connectivity index (χ1) is 9.84. The lowest BCUT2D eigenvalue weighted by Gasteiger charge is -2.28. The molecule has 2 rings (SSSR count). The number of carbonyl (C=O) groups is 1. The maximum atomic E-state index is 12.7. The molecule has 8 heteroatoms. The Kier molecular flexibility index (Phi) is 4.88. The van der Waals surface area contributed by atoms with Gasteiger partial charge in [0.2, 0.25) is 0 Å². The topological polar surface area (TPSA) is 93.4 Å². The van der Waals surface area contributed by atoms with Crippen molar-refractivity contribution in [3.63, 3.8) is 0 Å². The van der Waals surface area contributed by atoms with Gasteiger partial charge in [0.05, 0.1) is 17.2 Å². The number of thiazole rings is 1. The molecule has 0 radical (unpaired) electrons. The van der Waals surface area contributed by atoms with E-state index in [0.717, 1.165) is 12.8 Å². The molecule has 1 aliphatic rings. The second kappa shape index (κ2) is 6.31. The van der Waals surface area contributed by atoms with Crippen LogP contribution in [0.15, 0.2) is 0 Å². The number of aromatic nitrogens is 1. The first-order valence-electron chi connectivity index (χ1n) is 7.08. The second-order valence-electron chi connectivity index (χ2n) is 5.38. The highest BCUT2D eigenvalue weighted by atomic mass is 32.2. The van der Waals surface area contributed by atoms with Crippen molar-refractivity contribution in [2.45, 2.75) is 39.2 Å². The molecule has 1 atom stereocenters. The molecule has 0 aromatic carbocycles. The summed E-state index contributed by atoms with van der Waals surface area (Å²) in [4.78, 5) is 19.0. The number of nitrogens with zero attached hydrogens (tertiary/aromatic N) is 2. The van der Waals surface area contributed by atoms with Crippen molar-refractivity contribution in [3.8, 4) is 0 Å². The van der Waals surface area contributed by atoms with Crippen molar-refractivity contribution >= 4 is 32.2 Å². The Hall–Kier alpha value is -1.15. The number of hydrogen-bond donors (Lipinski definition) is 1. The van der Waals surface area contributed by atoms with E-state index in [0.29, 0.717) is 28.7 Å². The third-order valence-corrected chi connectivity index (χ3v) is 6.39. The van der Waals surface area contributed by atoms with Crippen molar-refractivity contribution in [2.75, 3.05) is 23.8 Å². The lowest BCUT2D eigenvalue weighted by Crippen LogP contribution is -2.41. The van der Waals surface area contributed by atoms with Crippen molar-refractivity contribution in [3.05, 3.63) is 10.6 Å². The third kappa shape index (κ3) is 3.74. The number of anilines is 1. The van der Waals surface area contributed by atoms with Crippen molar-refractivity contribution in [1.29, 1.82) is 0 Å². The number of unbranched alkanes of at least 4 members (excludes halogenated alkanes) is 1. The Morgan fingerprint density at radius 3 is 2.71 bits per heavy atom. The quantitative estimate of drug-likeness (QED) is 0.881. The van der Waals surface area contributed by atoms with Crippen LogP contribution in [0.5, 0.6) is 0 Å². The normalized spacial score (nSPS) is 20.6. The van der Waals surface area contributed by atoms with Crippen LogP contribution in [-0.4, -0.2) is 48.3 Å². The summed E-state index contributed by atoms with van der Waals surface area (Å²) >= 11 is 1.17. The van der Waals surface area contributed by atoms with E-state index in [1.54, 1.807) is 11.8 Å². The van der Waals surface area contributed by atoms with E-state index in [1.165, 1.54) is 11.3 Å². The number of amides is 1. The molecule has 1 aliphatic heterocycles. The third-order valence-electron chi connectivity index (χ3n) is 3.67. The van der Waals surface area contributed by atoms with Gasteiger partial charge in [-0.2, -0.15) is 0 Å². The summed E-state index contributed by atoms with van der Waals surface area (Å²) in [6.07, 6.45) is 2.33. The lowest BCUT2D eigenvalue weighted by atomic mass is 10.2. The molecule has 0 bridgehead atoms. The molecule has 6 nitrogen and oxygen atoms in total. The summed E-state index contributed by atoms with van der Waals surface area (Å²) in [5.41, 5.74) is 6.27. The van der Waals surface area contributed by atoms with Gasteiger partial charge < -0.3 is 10.6 Å². The predicted octanol–water partition coefficient (Wildman–Crippen LogP) is 1.46. The first kappa shape index (κ1) is 16.2. The number of rotatable bonds is 5. The van der Waals surface area contributed by atoms with Crippen molar-refractivity contribution in [1.82, 2.24) is 9.88 Å². The molecule has 1 saturated heterocycles. The van der Waals surface area contributed by atoms with E-state index < -0.39 is 9.84 Å². The molecule has 1 aromatic heterocycles. The van der Waals surface area contributed by atoms with Gasteiger partial charge in [-0.05, 0) is 19.8 Å². The molecule has 0 aliphatic carbocycles. The molecule has 0 saturated carbocycles. The van der Waals surface area contributed by atoms with Crippen LogP contribution in [0.25, 0.3) is 0 Å². The zero-order chi connectivity index (χ0) is 15.6.